The van der Waals surface area contributed by atoms with Crippen LogP contribution >= 0.6 is 0 Å². The summed E-state index contributed by atoms with van der Waals surface area (Å²) in [5.74, 6) is 0. The molecule has 0 unspecified atom stereocenters. The number of benzene rings is 2. The Kier molecular flexibility index (Phi) is 5.59. The average Bonchev–Trinajstić information content (AvgIpc) is 2.53. The van der Waals surface area contributed by atoms with E-state index in [4.69, 9.17) is 0 Å². The molecule has 108 valence electrons. The van der Waals surface area contributed by atoms with Gasteiger partial charge in [-0.2, -0.15) is 0 Å². The molecule has 0 saturated carbocycles. The number of hydrogen-bond donors (Lipinski definition) is 0. The largest absolute Gasteiger partial charge is 0.341 e. The van der Waals surface area contributed by atoms with Crippen LogP contribution in [0.5, 0.6) is 0 Å². The van der Waals surface area contributed by atoms with E-state index in [1.165, 1.54) is 11.3 Å². The van der Waals surface area contributed by atoms with Gasteiger partial charge in [-0.3, -0.25) is 4.90 Å². The zero-order valence-electron chi connectivity index (χ0n) is 13.0. The summed E-state index contributed by atoms with van der Waals surface area (Å²) < 4.78 is 0. The predicted octanol–water partition coefficient (Wildman–Crippen LogP) is 4.15. The van der Waals surface area contributed by atoms with Crippen LogP contribution in [0.3, 0.4) is 0 Å². The fourth-order valence-electron chi connectivity index (χ4n) is 2.22. The van der Waals surface area contributed by atoms with Crippen LogP contribution in [0.15, 0.2) is 66.7 Å². The van der Waals surface area contributed by atoms with Crippen LogP contribution in [0.4, 0.5) is 5.69 Å². The molecule has 0 aliphatic rings. The molecule has 2 nitrogen and oxygen atoms in total. The van der Waals surface area contributed by atoms with E-state index in [1.807, 2.05) is 37.2 Å². The van der Waals surface area contributed by atoms with Crippen molar-refractivity contribution in [2.24, 2.45) is 0 Å². The lowest BCUT2D eigenvalue weighted by atomic mass is 10.1. The lowest BCUT2D eigenvalue weighted by Crippen LogP contribution is -2.21. The van der Waals surface area contributed by atoms with Gasteiger partial charge in [-0.25, -0.2) is 0 Å². The smallest absolute Gasteiger partial charge is 0.0900 e. The van der Waals surface area contributed by atoms with Crippen LogP contribution in [0.1, 0.15) is 12.5 Å². The average molecular weight is 278 g/mol. The maximum atomic E-state index is 3.26. The van der Waals surface area contributed by atoms with Gasteiger partial charge < -0.3 is 4.90 Å². The van der Waals surface area contributed by atoms with E-state index >= 15 is 0 Å². The van der Waals surface area contributed by atoms with Gasteiger partial charge in [0.15, 0.2) is 0 Å². The van der Waals surface area contributed by atoms with Gasteiger partial charge >= 0.3 is 0 Å². The minimum atomic E-state index is 0.903. The first-order chi connectivity index (χ1) is 10.2. The molecule has 2 aromatic rings. The van der Waals surface area contributed by atoms with Crippen molar-refractivity contribution < 1.29 is 0 Å². The SMILES string of the molecule is CCN(/C(=C/[C]N(C)C)c1ccccc1)c1ccccc1. The highest BCUT2D eigenvalue weighted by Crippen LogP contribution is 2.26. The quantitative estimate of drug-likeness (QED) is 0.732. The van der Waals surface area contributed by atoms with Crippen molar-refractivity contribution in [3.05, 3.63) is 78.8 Å². The summed E-state index contributed by atoms with van der Waals surface area (Å²) in [6.07, 6.45) is 2.05. The van der Waals surface area contributed by atoms with Crippen LogP contribution in [0.2, 0.25) is 0 Å². The first kappa shape index (κ1) is 15.3. The number of para-hydroxylation sites is 1. The van der Waals surface area contributed by atoms with Gasteiger partial charge in [-0.1, -0.05) is 48.5 Å². The zero-order chi connectivity index (χ0) is 15.1. The first-order valence-electron chi connectivity index (χ1n) is 7.24. The molecule has 0 aliphatic carbocycles. The normalized spacial score (nSPS) is 11.7. The van der Waals surface area contributed by atoms with Gasteiger partial charge in [-0.15, -0.1) is 0 Å². The Morgan fingerprint density at radius 3 is 2.05 bits per heavy atom. The molecule has 0 fully saturated rings. The predicted molar refractivity (Wildman–Crippen MR) is 90.8 cm³/mol. The third-order valence-corrected chi connectivity index (χ3v) is 3.20. The summed E-state index contributed by atoms with van der Waals surface area (Å²) in [7, 11) is 3.97. The Balaban J connectivity index is 2.40. The maximum absolute atomic E-state index is 3.26. The Bertz CT molecular complexity index is 559. The lowest BCUT2D eigenvalue weighted by Gasteiger charge is -2.27. The van der Waals surface area contributed by atoms with Crippen molar-refractivity contribution >= 4 is 11.4 Å². The summed E-state index contributed by atoms with van der Waals surface area (Å²) in [4.78, 5) is 4.23. The molecule has 0 spiro atoms. The van der Waals surface area contributed by atoms with Crippen molar-refractivity contribution in [1.29, 1.82) is 0 Å². The van der Waals surface area contributed by atoms with E-state index < -0.39 is 0 Å². The second-order valence-corrected chi connectivity index (χ2v) is 5.00. The van der Waals surface area contributed by atoms with E-state index in [1.54, 1.807) is 0 Å². The molecule has 2 radical (unpaired) electrons. The number of likely N-dealkylation sites (N-methyl/N-ethyl adjacent to an activating group) is 1. The van der Waals surface area contributed by atoms with Crippen molar-refractivity contribution in [2.75, 3.05) is 25.5 Å². The third kappa shape index (κ3) is 4.20. The Labute approximate surface area is 128 Å². The van der Waals surface area contributed by atoms with E-state index in [0.29, 0.717) is 0 Å². The second kappa shape index (κ2) is 7.65. The lowest BCUT2D eigenvalue weighted by molar-refractivity contribution is 0.521. The Morgan fingerprint density at radius 2 is 1.52 bits per heavy atom. The zero-order valence-corrected chi connectivity index (χ0v) is 13.0. The van der Waals surface area contributed by atoms with Gasteiger partial charge in [0.05, 0.1) is 6.54 Å². The standard InChI is InChI=1S/C19H22N2/c1-4-21(18-13-9-6-10-14-18)19(15-16-20(2)3)17-11-7-5-8-12-17/h5-15H,4H2,1-3H3/b19-15+. The van der Waals surface area contributed by atoms with Crippen LogP contribution < -0.4 is 4.90 Å². The van der Waals surface area contributed by atoms with Crippen molar-refractivity contribution in [1.82, 2.24) is 4.90 Å². The van der Waals surface area contributed by atoms with Gasteiger partial charge in [0.2, 0.25) is 0 Å². The molecule has 2 heteroatoms. The van der Waals surface area contributed by atoms with Gasteiger partial charge in [0, 0.05) is 17.9 Å². The third-order valence-electron chi connectivity index (χ3n) is 3.20. The molecule has 0 atom stereocenters. The minimum Gasteiger partial charge on any atom is -0.341 e. The Hall–Kier alpha value is -2.06. The van der Waals surface area contributed by atoms with Gasteiger partial charge in [0.1, 0.15) is 0 Å². The monoisotopic (exact) mass is 278 g/mol. The van der Waals surface area contributed by atoms with Crippen LogP contribution in [0, 0.1) is 6.54 Å². The van der Waals surface area contributed by atoms with Gasteiger partial charge in [0.25, 0.3) is 0 Å². The first-order valence-corrected chi connectivity index (χ1v) is 7.24. The number of anilines is 1. The van der Waals surface area contributed by atoms with E-state index in [9.17, 15) is 0 Å². The highest BCUT2D eigenvalue weighted by atomic mass is 15.1. The number of rotatable bonds is 6. The molecule has 0 saturated heterocycles. The molecule has 21 heavy (non-hydrogen) atoms. The summed E-state index contributed by atoms with van der Waals surface area (Å²) in [6, 6.07) is 20.9. The fourth-order valence-corrected chi connectivity index (χ4v) is 2.22. The highest BCUT2D eigenvalue weighted by molar-refractivity contribution is 5.79. The summed E-state index contributed by atoms with van der Waals surface area (Å²) in [5, 5.41) is 0. The number of nitrogens with zero attached hydrogens (tertiary/aromatic N) is 2. The molecule has 0 aromatic heterocycles. The summed E-state index contributed by atoms with van der Waals surface area (Å²) >= 11 is 0. The fraction of sp³-hybridized carbons (Fsp3) is 0.211. The van der Waals surface area contributed by atoms with Crippen molar-refractivity contribution in [2.45, 2.75) is 6.92 Å². The maximum Gasteiger partial charge on any atom is 0.0900 e. The molecule has 2 rings (SSSR count). The van der Waals surface area contributed by atoms with E-state index in [-0.39, 0.29) is 0 Å². The molecular formula is C19H22N2. The van der Waals surface area contributed by atoms with Crippen molar-refractivity contribution in [3.63, 3.8) is 0 Å². The molecule has 2 aromatic carbocycles. The van der Waals surface area contributed by atoms with Crippen molar-refractivity contribution in [3.8, 4) is 0 Å². The second-order valence-electron chi connectivity index (χ2n) is 5.00. The summed E-state index contributed by atoms with van der Waals surface area (Å²) in [5.41, 5.74) is 3.53. The van der Waals surface area contributed by atoms with E-state index in [0.717, 1.165) is 12.2 Å². The molecule has 0 N–H and O–H groups in total. The minimum absolute atomic E-state index is 0.903. The molecule has 0 amide bonds. The summed E-state index contributed by atoms with van der Waals surface area (Å²) in [6.45, 7) is 6.33. The molecule has 0 aliphatic heterocycles. The Morgan fingerprint density at radius 1 is 0.952 bits per heavy atom. The van der Waals surface area contributed by atoms with E-state index in [2.05, 4.69) is 66.9 Å². The van der Waals surface area contributed by atoms with Gasteiger partial charge in [-0.05, 0) is 44.8 Å². The van der Waals surface area contributed by atoms with Crippen LogP contribution in [0.25, 0.3) is 5.70 Å². The van der Waals surface area contributed by atoms with Crippen LogP contribution in [-0.4, -0.2) is 25.5 Å². The molecule has 0 bridgehead atoms. The molecule has 0 heterocycles. The molecular weight excluding hydrogens is 256 g/mol. The highest BCUT2D eigenvalue weighted by Gasteiger charge is 2.12. The number of hydrogen-bond acceptors (Lipinski definition) is 2. The topological polar surface area (TPSA) is 6.48 Å². The van der Waals surface area contributed by atoms with Crippen LogP contribution in [-0.2, 0) is 0 Å².